The number of nitrogens with one attached hydrogen (secondary N) is 3. The van der Waals surface area contributed by atoms with Crippen molar-refractivity contribution in [3.8, 4) is 11.5 Å². The average molecular weight is 697 g/mol. The maximum Gasteiger partial charge on any atom is 0.323 e. The van der Waals surface area contributed by atoms with Gasteiger partial charge in [-0.25, -0.2) is 0 Å². The molecule has 0 aliphatic heterocycles. The van der Waals surface area contributed by atoms with Crippen molar-refractivity contribution in [3.05, 3.63) is 101 Å². The summed E-state index contributed by atoms with van der Waals surface area (Å²) < 4.78 is 12.6. The van der Waals surface area contributed by atoms with E-state index in [1.165, 1.54) is 10.6 Å². The zero-order valence-electron chi connectivity index (χ0n) is 29.6. The molecule has 4 aromatic rings. The zero-order chi connectivity index (χ0) is 36.6. The maximum atomic E-state index is 13.6. The summed E-state index contributed by atoms with van der Waals surface area (Å²) in [7, 11) is 3.30. The Balaban J connectivity index is 1.34. The monoisotopic (exact) mass is 696 g/mol. The largest absolute Gasteiger partial charge is 0.496 e. The number of aromatic nitrogens is 1. The molecule has 4 N–H and O–H groups in total. The Labute approximate surface area is 299 Å². The predicted octanol–water partition coefficient (Wildman–Crippen LogP) is 5.68. The maximum absolute atomic E-state index is 13.6. The van der Waals surface area contributed by atoms with Crippen LogP contribution in [0.3, 0.4) is 0 Å². The van der Waals surface area contributed by atoms with Gasteiger partial charge in [0.15, 0.2) is 0 Å². The van der Waals surface area contributed by atoms with E-state index in [1.54, 1.807) is 38.5 Å². The molecule has 0 bridgehead atoms. The molecule has 0 aliphatic carbocycles. The minimum absolute atomic E-state index is 0.163. The Bertz CT molecular complexity index is 1790. The number of aliphatic carboxylic acids is 1. The predicted molar refractivity (Wildman–Crippen MR) is 198 cm³/mol. The fraction of sp³-hybridized carbons (Fsp3) is 0.350. The third kappa shape index (κ3) is 11.5. The summed E-state index contributed by atoms with van der Waals surface area (Å²) in [6, 6.07) is 21.4. The van der Waals surface area contributed by atoms with Crippen molar-refractivity contribution in [1.29, 1.82) is 0 Å². The van der Waals surface area contributed by atoms with E-state index in [-0.39, 0.29) is 17.5 Å². The minimum atomic E-state index is -1.08. The zero-order valence-corrected chi connectivity index (χ0v) is 29.6. The van der Waals surface area contributed by atoms with E-state index in [1.807, 2.05) is 61.5 Å². The van der Waals surface area contributed by atoms with Crippen molar-refractivity contribution in [2.45, 2.75) is 64.5 Å². The first-order chi connectivity index (χ1) is 24.7. The van der Waals surface area contributed by atoms with Crippen molar-refractivity contribution in [1.82, 2.24) is 20.5 Å². The third-order valence-corrected chi connectivity index (χ3v) is 8.56. The fourth-order valence-electron chi connectivity index (χ4n) is 5.99. The normalized spacial score (nSPS) is 11.7. The molecule has 3 aromatic carbocycles. The highest BCUT2D eigenvalue weighted by Crippen LogP contribution is 2.32. The molecule has 51 heavy (non-hydrogen) atoms. The minimum Gasteiger partial charge on any atom is -0.496 e. The lowest BCUT2D eigenvalue weighted by atomic mass is 10.0. The van der Waals surface area contributed by atoms with Crippen LogP contribution in [0, 0.1) is 6.92 Å². The van der Waals surface area contributed by atoms with Crippen molar-refractivity contribution < 1.29 is 33.8 Å². The number of aryl methyl sites for hydroxylation is 1. The van der Waals surface area contributed by atoms with Gasteiger partial charge in [-0.2, -0.15) is 0 Å². The second-order valence-corrected chi connectivity index (χ2v) is 12.4. The summed E-state index contributed by atoms with van der Waals surface area (Å²) in [5, 5.41) is 19.0. The number of carboxylic acid groups (broad SMARTS) is 1. The first-order valence-corrected chi connectivity index (χ1v) is 17.3. The molecule has 270 valence electrons. The molecule has 0 saturated carbocycles. The molecular weight excluding hydrogens is 648 g/mol. The Hall–Kier alpha value is -5.58. The quantitative estimate of drug-likeness (QED) is 0.0687. The number of carboxylic acids is 1. The van der Waals surface area contributed by atoms with Gasteiger partial charge in [0.05, 0.1) is 14.2 Å². The highest BCUT2D eigenvalue weighted by molar-refractivity contribution is 6.01. The van der Waals surface area contributed by atoms with Crippen molar-refractivity contribution in [2.24, 2.45) is 0 Å². The van der Waals surface area contributed by atoms with Gasteiger partial charge in [-0.3, -0.25) is 19.2 Å². The van der Waals surface area contributed by atoms with Crippen LogP contribution < -0.4 is 25.4 Å². The number of benzene rings is 3. The van der Waals surface area contributed by atoms with Gasteiger partial charge in [-0.05, 0) is 86.9 Å². The highest BCUT2D eigenvalue weighted by Gasteiger charge is 2.24. The first kappa shape index (κ1) is 38.2. The van der Waals surface area contributed by atoms with Crippen molar-refractivity contribution in [3.63, 3.8) is 0 Å². The lowest BCUT2D eigenvalue weighted by Gasteiger charge is -2.19. The van der Waals surface area contributed by atoms with Crippen LogP contribution in [0.5, 0.6) is 11.5 Å². The van der Waals surface area contributed by atoms with E-state index in [9.17, 15) is 24.3 Å². The number of amides is 3. The lowest BCUT2D eigenvalue weighted by Crippen LogP contribution is -2.47. The van der Waals surface area contributed by atoms with Crippen LogP contribution in [0.25, 0.3) is 17.0 Å². The molecule has 11 nitrogen and oxygen atoms in total. The van der Waals surface area contributed by atoms with E-state index in [0.29, 0.717) is 37.9 Å². The van der Waals surface area contributed by atoms with E-state index < -0.39 is 24.5 Å². The van der Waals surface area contributed by atoms with Crippen molar-refractivity contribution >= 4 is 40.7 Å². The SMILES string of the molecule is COc1cc(C)cc(OC)c1CCCCCNC(=O)C(CCCCNC(=O)/C=C/c1ccccc1)NC(=O)c1cc2ccccc2n1CC(=O)O. The van der Waals surface area contributed by atoms with E-state index in [0.717, 1.165) is 59.3 Å². The van der Waals surface area contributed by atoms with E-state index in [2.05, 4.69) is 16.0 Å². The van der Waals surface area contributed by atoms with Crippen LogP contribution in [-0.4, -0.2) is 66.7 Å². The standard InChI is InChI=1S/C40H48N4O7/c1-28-24-35(50-2)31(36(25-28)51-3)17-8-5-12-23-42-39(48)32(18-11-13-22-41-37(45)21-20-29-14-6-4-7-15-29)43-40(49)34-26-30-16-9-10-19-33(30)44(34)27-38(46)47/h4,6-7,9-10,14-16,19-21,24-26,32H,5,8,11-13,17-18,22-23,27H2,1-3H3,(H,41,45)(H,42,48)(H,43,49)(H,46,47)/b21-20+. The van der Waals surface area contributed by atoms with E-state index >= 15 is 0 Å². The number of methoxy groups -OCH3 is 2. The van der Waals surface area contributed by atoms with Gasteiger partial charge in [0.2, 0.25) is 11.8 Å². The molecule has 0 fully saturated rings. The Morgan fingerprint density at radius 2 is 1.49 bits per heavy atom. The van der Waals surface area contributed by atoms with Crippen LogP contribution in [0.15, 0.2) is 78.9 Å². The van der Waals surface area contributed by atoms with Gasteiger partial charge < -0.3 is 35.1 Å². The smallest absolute Gasteiger partial charge is 0.323 e. The van der Waals surface area contributed by atoms with E-state index in [4.69, 9.17) is 9.47 Å². The molecule has 1 unspecified atom stereocenters. The summed E-state index contributed by atoms with van der Waals surface area (Å²) in [4.78, 5) is 51.0. The molecule has 0 aliphatic rings. The number of carbonyl (C=O) groups excluding carboxylic acids is 3. The molecule has 0 radical (unpaired) electrons. The molecule has 1 aromatic heterocycles. The Morgan fingerprint density at radius 1 is 0.824 bits per heavy atom. The summed E-state index contributed by atoms with van der Waals surface area (Å²) in [6.45, 7) is 2.43. The number of ether oxygens (including phenoxy) is 2. The summed E-state index contributed by atoms with van der Waals surface area (Å²) in [5.41, 5.74) is 3.77. The van der Waals surface area contributed by atoms with Crippen LogP contribution in [0.4, 0.5) is 0 Å². The molecular formula is C40H48N4O7. The van der Waals surface area contributed by atoms with Gasteiger partial charge in [0.25, 0.3) is 5.91 Å². The van der Waals surface area contributed by atoms with Crippen LogP contribution in [0.2, 0.25) is 0 Å². The molecule has 4 rings (SSSR count). The molecule has 1 heterocycles. The Kier molecular flexibility index (Phi) is 14.7. The van der Waals surface area contributed by atoms with Gasteiger partial charge in [-0.15, -0.1) is 0 Å². The summed E-state index contributed by atoms with van der Waals surface area (Å²) >= 11 is 0. The van der Waals surface area contributed by atoms with Gasteiger partial charge in [0.1, 0.15) is 29.8 Å². The molecule has 0 spiro atoms. The molecule has 11 heteroatoms. The first-order valence-electron chi connectivity index (χ1n) is 17.3. The third-order valence-electron chi connectivity index (χ3n) is 8.56. The lowest BCUT2D eigenvalue weighted by molar-refractivity contribution is -0.137. The molecule has 0 saturated heterocycles. The number of para-hydroxylation sites is 1. The average Bonchev–Trinajstić information content (AvgIpc) is 3.49. The number of nitrogens with zero attached hydrogens (tertiary/aromatic N) is 1. The van der Waals surface area contributed by atoms with Gasteiger partial charge in [0, 0.05) is 35.6 Å². The number of hydrogen-bond donors (Lipinski definition) is 4. The number of fused-ring (bicyclic) bond motifs is 1. The Morgan fingerprint density at radius 3 is 2.20 bits per heavy atom. The summed E-state index contributed by atoms with van der Waals surface area (Å²) in [6.07, 6.45) is 7.92. The van der Waals surface area contributed by atoms with Crippen LogP contribution in [-0.2, 0) is 27.3 Å². The van der Waals surface area contributed by atoms with Crippen molar-refractivity contribution in [2.75, 3.05) is 27.3 Å². The fourth-order valence-corrected chi connectivity index (χ4v) is 5.99. The highest BCUT2D eigenvalue weighted by atomic mass is 16.5. The summed E-state index contributed by atoms with van der Waals surface area (Å²) in [5.74, 6) is -0.561. The topological polar surface area (TPSA) is 148 Å². The van der Waals surface area contributed by atoms with Crippen LogP contribution in [0.1, 0.15) is 65.7 Å². The number of rotatable bonds is 20. The molecule has 3 amide bonds. The second kappa shape index (κ2) is 19.6. The second-order valence-electron chi connectivity index (χ2n) is 12.4. The number of carbonyl (C=O) groups is 4. The number of hydrogen-bond acceptors (Lipinski definition) is 6. The van der Waals surface area contributed by atoms with Gasteiger partial charge >= 0.3 is 5.97 Å². The molecule has 1 atom stereocenters. The van der Waals surface area contributed by atoms with Gasteiger partial charge in [-0.1, -0.05) is 55.0 Å². The number of unbranched alkanes of at least 4 members (excludes halogenated alkanes) is 3. The van der Waals surface area contributed by atoms with Crippen LogP contribution >= 0.6 is 0 Å².